The molecular formula is C21H26N2O2. The summed E-state index contributed by atoms with van der Waals surface area (Å²) in [6.45, 7) is 2.46. The molecule has 25 heavy (non-hydrogen) atoms. The number of rotatable bonds is 5. The van der Waals surface area contributed by atoms with E-state index in [1.807, 2.05) is 31.2 Å². The number of para-hydroxylation sites is 1. The Labute approximate surface area is 149 Å². The normalized spacial score (nSPS) is 14.3. The Kier molecular flexibility index (Phi) is 5.59. The number of carbonyl (C=O) groups excluding carboxylic acids is 1. The first-order chi connectivity index (χ1) is 12.2. The molecule has 0 aromatic heterocycles. The molecule has 0 fully saturated rings. The molecule has 0 aliphatic heterocycles. The van der Waals surface area contributed by atoms with Gasteiger partial charge < -0.3 is 15.4 Å². The van der Waals surface area contributed by atoms with Gasteiger partial charge in [-0.15, -0.1) is 0 Å². The van der Waals surface area contributed by atoms with Gasteiger partial charge in [0.15, 0.2) is 0 Å². The van der Waals surface area contributed by atoms with Gasteiger partial charge in [-0.2, -0.15) is 0 Å². The van der Waals surface area contributed by atoms with Crippen molar-refractivity contribution in [3.8, 4) is 5.75 Å². The van der Waals surface area contributed by atoms with Crippen molar-refractivity contribution < 1.29 is 9.53 Å². The van der Waals surface area contributed by atoms with E-state index in [0.717, 1.165) is 23.3 Å². The average Bonchev–Trinajstić information content (AvgIpc) is 2.66. The fourth-order valence-corrected chi connectivity index (χ4v) is 3.38. The van der Waals surface area contributed by atoms with Gasteiger partial charge in [-0.05, 0) is 55.4 Å². The van der Waals surface area contributed by atoms with Crippen LogP contribution in [0.4, 0.5) is 4.79 Å². The van der Waals surface area contributed by atoms with Crippen LogP contribution in [0.5, 0.6) is 5.75 Å². The molecular weight excluding hydrogens is 312 g/mol. The summed E-state index contributed by atoms with van der Waals surface area (Å²) in [4.78, 5) is 12.2. The van der Waals surface area contributed by atoms with Crippen molar-refractivity contribution in [1.29, 1.82) is 0 Å². The summed E-state index contributed by atoms with van der Waals surface area (Å²) in [6, 6.07) is 14.1. The SMILES string of the molecule is COc1ccccc1CNC(=O)NC(C)c1ccc2c(c1)CCCC2. The zero-order chi connectivity index (χ0) is 17.6. The van der Waals surface area contributed by atoms with Crippen LogP contribution in [0.25, 0.3) is 0 Å². The number of benzene rings is 2. The Balaban J connectivity index is 1.57. The van der Waals surface area contributed by atoms with Crippen LogP contribution in [0.3, 0.4) is 0 Å². The number of carbonyl (C=O) groups is 1. The van der Waals surface area contributed by atoms with Crippen molar-refractivity contribution in [2.24, 2.45) is 0 Å². The molecule has 0 saturated carbocycles. The smallest absolute Gasteiger partial charge is 0.315 e. The molecule has 132 valence electrons. The third kappa shape index (κ3) is 4.32. The molecule has 0 bridgehead atoms. The number of ether oxygens (including phenoxy) is 1. The number of aryl methyl sites for hydroxylation is 2. The van der Waals surface area contributed by atoms with E-state index in [9.17, 15) is 4.79 Å². The minimum atomic E-state index is -0.170. The average molecular weight is 338 g/mol. The highest BCUT2D eigenvalue weighted by atomic mass is 16.5. The van der Waals surface area contributed by atoms with Crippen LogP contribution in [0.15, 0.2) is 42.5 Å². The number of fused-ring (bicyclic) bond motifs is 1. The first-order valence-electron chi connectivity index (χ1n) is 8.95. The maximum Gasteiger partial charge on any atom is 0.315 e. The quantitative estimate of drug-likeness (QED) is 0.861. The zero-order valence-electron chi connectivity index (χ0n) is 15.0. The number of hydrogen-bond donors (Lipinski definition) is 2. The van der Waals surface area contributed by atoms with Crippen LogP contribution in [0, 0.1) is 0 Å². The molecule has 0 saturated heterocycles. The second kappa shape index (κ2) is 8.06. The number of amides is 2. The minimum absolute atomic E-state index is 0.0232. The molecule has 2 aromatic rings. The van der Waals surface area contributed by atoms with E-state index in [1.165, 1.54) is 30.4 Å². The maximum absolute atomic E-state index is 12.2. The Bertz CT molecular complexity index is 742. The third-order valence-corrected chi connectivity index (χ3v) is 4.85. The van der Waals surface area contributed by atoms with Gasteiger partial charge in [-0.3, -0.25) is 0 Å². The number of nitrogens with one attached hydrogen (secondary N) is 2. The molecule has 0 radical (unpaired) electrons. The van der Waals surface area contributed by atoms with Gasteiger partial charge in [0.2, 0.25) is 0 Å². The maximum atomic E-state index is 12.2. The highest BCUT2D eigenvalue weighted by molar-refractivity contribution is 5.74. The van der Waals surface area contributed by atoms with E-state index in [2.05, 4.69) is 28.8 Å². The molecule has 4 nitrogen and oxygen atoms in total. The lowest BCUT2D eigenvalue weighted by atomic mass is 9.89. The number of methoxy groups -OCH3 is 1. The summed E-state index contributed by atoms with van der Waals surface area (Å²) in [7, 11) is 1.64. The molecule has 1 aliphatic rings. The van der Waals surface area contributed by atoms with Crippen LogP contribution < -0.4 is 15.4 Å². The van der Waals surface area contributed by atoms with E-state index in [1.54, 1.807) is 7.11 Å². The first-order valence-corrected chi connectivity index (χ1v) is 8.95. The predicted molar refractivity (Wildman–Crippen MR) is 99.9 cm³/mol. The molecule has 1 unspecified atom stereocenters. The van der Waals surface area contributed by atoms with Crippen molar-refractivity contribution in [2.75, 3.05) is 7.11 Å². The fourth-order valence-electron chi connectivity index (χ4n) is 3.38. The third-order valence-electron chi connectivity index (χ3n) is 4.85. The molecule has 1 aliphatic carbocycles. The highest BCUT2D eigenvalue weighted by Gasteiger charge is 2.14. The van der Waals surface area contributed by atoms with Gasteiger partial charge in [-0.25, -0.2) is 4.79 Å². The fraction of sp³-hybridized carbons (Fsp3) is 0.381. The van der Waals surface area contributed by atoms with E-state index < -0.39 is 0 Å². The molecule has 1 atom stereocenters. The largest absolute Gasteiger partial charge is 0.496 e. The van der Waals surface area contributed by atoms with Gasteiger partial charge in [0.25, 0.3) is 0 Å². The molecule has 0 spiro atoms. The van der Waals surface area contributed by atoms with E-state index in [-0.39, 0.29) is 12.1 Å². The number of hydrogen-bond acceptors (Lipinski definition) is 2. The molecule has 2 amide bonds. The highest BCUT2D eigenvalue weighted by Crippen LogP contribution is 2.24. The van der Waals surface area contributed by atoms with Crippen molar-refractivity contribution in [1.82, 2.24) is 10.6 Å². The number of urea groups is 1. The van der Waals surface area contributed by atoms with Gasteiger partial charge >= 0.3 is 6.03 Å². The van der Waals surface area contributed by atoms with Gasteiger partial charge in [-0.1, -0.05) is 36.4 Å². The van der Waals surface area contributed by atoms with Crippen LogP contribution in [0.1, 0.15) is 48.1 Å². The Morgan fingerprint density at radius 2 is 1.88 bits per heavy atom. The van der Waals surface area contributed by atoms with Gasteiger partial charge in [0.05, 0.1) is 13.2 Å². The topological polar surface area (TPSA) is 50.4 Å². The molecule has 3 rings (SSSR count). The van der Waals surface area contributed by atoms with Gasteiger partial charge in [0, 0.05) is 12.1 Å². The van der Waals surface area contributed by atoms with Crippen molar-refractivity contribution in [3.63, 3.8) is 0 Å². The predicted octanol–water partition coefficient (Wildman–Crippen LogP) is 4.13. The van der Waals surface area contributed by atoms with Crippen LogP contribution in [-0.4, -0.2) is 13.1 Å². The lowest BCUT2D eigenvalue weighted by Crippen LogP contribution is -2.36. The molecule has 0 heterocycles. The van der Waals surface area contributed by atoms with Crippen LogP contribution in [0.2, 0.25) is 0 Å². The van der Waals surface area contributed by atoms with Crippen LogP contribution in [-0.2, 0) is 19.4 Å². The summed E-state index contributed by atoms with van der Waals surface area (Å²) < 4.78 is 5.31. The van der Waals surface area contributed by atoms with Crippen molar-refractivity contribution >= 4 is 6.03 Å². The zero-order valence-corrected chi connectivity index (χ0v) is 15.0. The molecule has 2 aromatic carbocycles. The van der Waals surface area contributed by atoms with E-state index >= 15 is 0 Å². The standard InChI is InChI=1S/C21H26N2O2/c1-15(17-12-11-16-7-3-4-8-18(16)13-17)23-21(24)22-14-19-9-5-6-10-20(19)25-2/h5-6,9-13,15H,3-4,7-8,14H2,1-2H3,(H2,22,23,24). The first kappa shape index (κ1) is 17.3. The van der Waals surface area contributed by atoms with E-state index in [0.29, 0.717) is 6.54 Å². The van der Waals surface area contributed by atoms with Crippen molar-refractivity contribution in [2.45, 2.75) is 45.2 Å². The summed E-state index contributed by atoms with van der Waals surface area (Å²) in [6.07, 6.45) is 4.87. The Hall–Kier alpha value is -2.49. The minimum Gasteiger partial charge on any atom is -0.496 e. The lowest BCUT2D eigenvalue weighted by molar-refractivity contribution is 0.237. The lowest BCUT2D eigenvalue weighted by Gasteiger charge is -2.20. The second-order valence-corrected chi connectivity index (χ2v) is 6.60. The van der Waals surface area contributed by atoms with Crippen LogP contribution >= 0.6 is 0 Å². The molecule has 2 N–H and O–H groups in total. The second-order valence-electron chi connectivity index (χ2n) is 6.60. The van der Waals surface area contributed by atoms with Crippen molar-refractivity contribution in [3.05, 3.63) is 64.7 Å². The Morgan fingerprint density at radius 3 is 2.68 bits per heavy atom. The summed E-state index contributed by atoms with van der Waals surface area (Å²) in [5.41, 5.74) is 5.02. The Morgan fingerprint density at radius 1 is 1.12 bits per heavy atom. The summed E-state index contributed by atoms with van der Waals surface area (Å²) in [5, 5.41) is 5.93. The van der Waals surface area contributed by atoms with E-state index in [4.69, 9.17) is 4.74 Å². The van der Waals surface area contributed by atoms with Gasteiger partial charge in [0.1, 0.15) is 5.75 Å². The monoisotopic (exact) mass is 338 g/mol. The summed E-state index contributed by atoms with van der Waals surface area (Å²) >= 11 is 0. The molecule has 4 heteroatoms. The summed E-state index contributed by atoms with van der Waals surface area (Å²) in [5.74, 6) is 0.783.